The van der Waals surface area contributed by atoms with Crippen LogP contribution < -0.4 is 5.19 Å². The Morgan fingerprint density at radius 2 is 1.55 bits per heavy atom. The Morgan fingerprint density at radius 3 is 2.09 bits per heavy atom. The first-order chi connectivity index (χ1) is 10.5. The van der Waals surface area contributed by atoms with E-state index in [1.165, 1.54) is 48.4 Å². The summed E-state index contributed by atoms with van der Waals surface area (Å²) in [7, 11) is -1.25. The van der Waals surface area contributed by atoms with Crippen molar-refractivity contribution in [3.63, 3.8) is 0 Å². The van der Waals surface area contributed by atoms with Crippen molar-refractivity contribution < 1.29 is 0 Å². The van der Waals surface area contributed by atoms with Crippen molar-refractivity contribution in [2.24, 2.45) is 0 Å². The van der Waals surface area contributed by atoms with E-state index in [0.717, 1.165) is 11.6 Å². The molecule has 0 spiro atoms. The van der Waals surface area contributed by atoms with Crippen molar-refractivity contribution in [1.82, 2.24) is 4.98 Å². The third-order valence-electron chi connectivity index (χ3n) is 4.91. The zero-order valence-electron chi connectivity index (χ0n) is 14.1. The molecule has 116 valence electrons. The van der Waals surface area contributed by atoms with Crippen LogP contribution in [0.4, 0.5) is 0 Å². The summed E-state index contributed by atoms with van der Waals surface area (Å²) in [5, 5.41) is 1.43. The van der Waals surface area contributed by atoms with Gasteiger partial charge in [-0.25, -0.2) is 0 Å². The van der Waals surface area contributed by atoms with E-state index in [4.69, 9.17) is 4.98 Å². The molecule has 1 aliphatic rings. The molecule has 0 saturated heterocycles. The number of pyridine rings is 1. The molecular weight excluding hydrogens is 282 g/mol. The quantitative estimate of drug-likeness (QED) is 0.697. The molecule has 1 fully saturated rings. The Balaban J connectivity index is 1.77. The van der Waals surface area contributed by atoms with E-state index in [1.54, 1.807) is 0 Å². The van der Waals surface area contributed by atoms with Gasteiger partial charge in [0.05, 0.1) is 13.8 Å². The molecule has 0 N–H and O–H groups in total. The minimum atomic E-state index is -1.25. The Hall–Kier alpha value is -1.41. The first kappa shape index (κ1) is 15.5. The molecule has 0 radical (unpaired) electrons. The molecular formula is C20H27NSi. The second-order valence-electron chi connectivity index (χ2n) is 7.64. The van der Waals surface area contributed by atoms with E-state index in [-0.39, 0.29) is 0 Å². The van der Waals surface area contributed by atoms with Gasteiger partial charge in [-0.2, -0.15) is 0 Å². The highest BCUT2D eigenvalue weighted by atomic mass is 28.3. The van der Waals surface area contributed by atoms with Crippen molar-refractivity contribution in [2.75, 3.05) is 0 Å². The number of rotatable bonds is 3. The lowest BCUT2D eigenvalue weighted by atomic mass is 9.84. The van der Waals surface area contributed by atoms with Crippen molar-refractivity contribution in [2.45, 2.75) is 57.7 Å². The van der Waals surface area contributed by atoms with Crippen LogP contribution in [0.25, 0.3) is 11.3 Å². The number of nitrogens with zero attached hydrogens (tertiary/aromatic N) is 1. The minimum Gasteiger partial charge on any atom is -0.256 e. The van der Waals surface area contributed by atoms with Crippen LogP contribution >= 0.6 is 0 Å². The fraction of sp³-hybridized carbons (Fsp3) is 0.450. The highest BCUT2D eigenvalue weighted by molar-refractivity contribution is 6.88. The maximum atomic E-state index is 4.69. The molecule has 1 saturated carbocycles. The van der Waals surface area contributed by atoms with Gasteiger partial charge in [0.15, 0.2) is 0 Å². The normalized spacial score (nSPS) is 16.7. The summed E-state index contributed by atoms with van der Waals surface area (Å²) >= 11 is 0. The third-order valence-corrected chi connectivity index (χ3v) is 6.94. The molecule has 22 heavy (non-hydrogen) atoms. The van der Waals surface area contributed by atoms with Gasteiger partial charge in [-0.05, 0) is 35.6 Å². The lowest BCUT2D eigenvalue weighted by Crippen LogP contribution is -2.37. The summed E-state index contributed by atoms with van der Waals surface area (Å²) in [5.41, 5.74) is 3.85. The van der Waals surface area contributed by atoms with Gasteiger partial charge in [-0.3, -0.25) is 4.98 Å². The fourth-order valence-corrected chi connectivity index (χ4v) is 4.41. The molecule has 1 aromatic heterocycles. The van der Waals surface area contributed by atoms with Crippen LogP contribution in [0.1, 0.15) is 43.6 Å². The molecule has 3 rings (SSSR count). The van der Waals surface area contributed by atoms with E-state index in [0.29, 0.717) is 0 Å². The summed E-state index contributed by atoms with van der Waals surface area (Å²) in [6.45, 7) is 7.09. The molecule has 1 nitrogen and oxygen atoms in total. The van der Waals surface area contributed by atoms with Crippen molar-refractivity contribution in [3.8, 4) is 11.3 Å². The van der Waals surface area contributed by atoms with E-state index in [9.17, 15) is 0 Å². The van der Waals surface area contributed by atoms with Gasteiger partial charge in [0, 0.05) is 11.8 Å². The zero-order chi connectivity index (χ0) is 15.6. The van der Waals surface area contributed by atoms with Crippen LogP contribution in [0.15, 0.2) is 42.6 Å². The summed E-state index contributed by atoms with van der Waals surface area (Å²) in [6, 6.07) is 13.6. The van der Waals surface area contributed by atoms with Crippen LogP contribution in [-0.4, -0.2) is 13.1 Å². The van der Waals surface area contributed by atoms with Crippen molar-refractivity contribution in [1.29, 1.82) is 0 Å². The molecule has 2 aromatic rings. The average Bonchev–Trinajstić information content (AvgIpc) is 2.55. The van der Waals surface area contributed by atoms with Crippen LogP contribution in [-0.2, 0) is 0 Å². The number of hydrogen-bond acceptors (Lipinski definition) is 1. The number of aromatic nitrogens is 1. The number of hydrogen-bond donors (Lipinski definition) is 0. The van der Waals surface area contributed by atoms with E-state index < -0.39 is 8.07 Å². The molecule has 0 atom stereocenters. The topological polar surface area (TPSA) is 12.9 Å². The lowest BCUT2D eigenvalue weighted by molar-refractivity contribution is 0.443. The molecule has 0 bridgehead atoms. The predicted molar refractivity (Wildman–Crippen MR) is 98.5 cm³/mol. The minimum absolute atomic E-state index is 0.782. The maximum absolute atomic E-state index is 4.69. The molecule has 2 heteroatoms. The van der Waals surface area contributed by atoms with E-state index in [1.807, 2.05) is 0 Å². The summed E-state index contributed by atoms with van der Waals surface area (Å²) < 4.78 is 0. The largest absolute Gasteiger partial charge is 0.256 e. The van der Waals surface area contributed by atoms with Crippen LogP contribution in [0, 0.1) is 0 Å². The standard InChI is InChI=1S/C20H27NSi/c1-22(2,3)19-13-14-20(21-15-19)18-11-9-17(10-12-18)16-7-5-4-6-8-16/h9-16H,4-8H2,1-3H3. The van der Waals surface area contributed by atoms with Gasteiger partial charge in [0.2, 0.25) is 0 Å². The van der Waals surface area contributed by atoms with Gasteiger partial charge in [-0.1, -0.05) is 69.2 Å². The van der Waals surface area contributed by atoms with E-state index >= 15 is 0 Å². The lowest BCUT2D eigenvalue weighted by Gasteiger charge is -2.22. The van der Waals surface area contributed by atoms with Gasteiger partial charge in [0.1, 0.15) is 0 Å². The zero-order valence-corrected chi connectivity index (χ0v) is 15.1. The van der Waals surface area contributed by atoms with Gasteiger partial charge in [0.25, 0.3) is 0 Å². The van der Waals surface area contributed by atoms with Crippen molar-refractivity contribution >= 4 is 13.3 Å². The van der Waals surface area contributed by atoms with Crippen LogP contribution in [0.5, 0.6) is 0 Å². The predicted octanol–water partition coefficient (Wildman–Crippen LogP) is 5.34. The average molecular weight is 310 g/mol. The molecule has 0 aliphatic heterocycles. The van der Waals surface area contributed by atoms with Gasteiger partial charge < -0.3 is 0 Å². The third kappa shape index (κ3) is 3.49. The Labute approximate surface area is 135 Å². The molecule has 1 aromatic carbocycles. The van der Waals surface area contributed by atoms with E-state index in [2.05, 4.69) is 62.2 Å². The molecule has 1 heterocycles. The second-order valence-corrected chi connectivity index (χ2v) is 12.7. The summed E-state index contributed by atoms with van der Waals surface area (Å²) in [6.07, 6.45) is 9.02. The Bertz CT molecular complexity index is 602. The molecule has 1 aliphatic carbocycles. The molecule has 0 amide bonds. The highest BCUT2D eigenvalue weighted by Crippen LogP contribution is 2.33. The van der Waals surface area contributed by atoms with Gasteiger partial charge >= 0.3 is 0 Å². The smallest absolute Gasteiger partial charge is 0.0796 e. The van der Waals surface area contributed by atoms with Crippen molar-refractivity contribution in [3.05, 3.63) is 48.2 Å². The monoisotopic (exact) mass is 309 g/mol. The highest BCUT2D eigenvalue weighted by Gasteiger charge is 2.17. The Morgan fingerprint density at radius 1 is 0.864 bits per heavy atom. The first-order valence-electron chi connectivity index (χ1n) is 8.61. The Kier molecular flexibility index (Phi) is 4.48. The fourth-order valence-electron chi connectivity index (χ4n) is 3.37. The maximum Gasteiger partial charge on any atom is 0.0796 e. The first-order valence-corrected chi connectivity index (χ1v) is 12.1. The number of benzene rings is 1. The summed E-state index contributed by atoms with van der Waals surface area (Å²) in [4.78, 5) is 4.69. The van der Waals surface area contributed by atoms with Crippen LogP contribution in [0.2, 0.25) is 19.6 Å². The van der Waals surface area contributed by atoms with Crippen LogP contribution in [0.3, 0.4) is 0 Å². The summed E-state index contributed by atoms with van der Waals surface area (Å²) in [5.74, 6) is 0.782. The molecule has 0 unspecified atom stereocenters. The SMILES string of the molecule is C[Si](C)(C)c1ccc(-c2ccc(C3CCCCC3)cc2)nc1. The second kappa shape index (κ2) is 6.37. The van der Waals surface area contributed by atoms with Gasteiger partial charge in [-0.15, -0.1) is 0 Å².